The summed E-state index contributed by atoms with van der Waals surface area (Å²) < 4.78 is 14.8. The molecule has 0 atom stereocenters. The molecule has 0 radical (unpaired) electrons. The van der Waals surface area contributed by atoms with Crippen LogP contribution < -0.4 is 10.6 Å². The summed E-state index contributed by atoms with van der Waals surface area (Å²) in [6, 6.07) is 10.6. The monoisotopic (exact) mass is 540 g/mol. The third-order valence-electron chi connectivity index (χ3n) is 4.04. The standard InChI is InChI=1S/C21H25FN6S.HI/c1-2-24-21(26-9-3-13-29-19-6-4-18(22)5-7-19)27-15-17-8-10-25-20(14-17)28-12-11-23-16-28;/h4-8,10-12,14,16H,2-3,9,13,15H2,1H3,(H2,24,26,27);1H. The van der Waals surface area contributed by atoms with E-state index in [4.69, 9.17) is 0 Å². The van der Waals surface area contributed by atoms with Crippen LogP contribution in [-0.4, -0.2) is 39.3 Å². The minimum absolute atomic E-state index is 0. The SMILES string of the molecule is CCNC(=NCc1ccnc(-n2ccnc2)c1)NCCCSc1ccc(F)cc1.I. The van der Waals surface area contributed by atoms with Crippen molar-refractivity contribution in [1.82, 2.24) is 25.2 Å². The topological polar surface area (TPSA) is 67.1 Å². The maximum atomic E-state index is 12.9. The highest BCUT2D eigenvalue weighted by atomic mass is 127. The zero-order valence-electron chi connectivity index (χ0n) is 16.8. The van der Waals surface area contributed by atoms with Crippen molar-refractivity contribution in [2.24, 2.45) is 4.99 Å². The molecule has 0 amide bonds. The Morgan fingerprint density at radius 2 is 2.00 bits per heavy atom. The number of pyridine rings is 1. The molecule has 0 bridgehead atoms. The van der Waals surface area contributed by atoms with E-state index < -0.39 is 0 Å². The fourth-order valence-corrected chi connectivity index (χ4v) is 3.46. The molecule has 0 unspecified atom stereocenters. The molecule has 3 rings (SSSR count). The lowest BCUT2D eigenvalue weighted by Crippen LogP contribution is -2.37. The van der Waals surface area contributed by atoms with Crippen LogP contribution in [-0.2, 0) is 6.54 Å². The van der Waals surface area contributed by atoms with Crippen LogP contribution in [0.25, 0.3) is 5.82 Å². The van der Waals surface area contributed by atoms with E-state index in [0.29, 0.717) is 6.54 Å². The Morgan fingerprint density at radius 1 is 1.17 bits per heavy atom. The third-order valence-corrected chi connectivity index (χ3v) is 5.14. The third kappa shape index (κ3) is 7.94. The van der Waals surface area contributed by atoms with Crippen LogP contribution in [0.3, 0.4) is 0 Å². The highest BCUT2D eigenvalue weighted by Crippen LogP contribution is 2.18. The van der Waals surface area contributed by atoms with E-state index in [1.54, 1.807) is 30.5 Å². The van der Waals surface area contributed by atoms with Crippen molar-refractivity contribution >= 4 is 41.7 Å². The van der Waals surface area contributed by atoms with Crippen LogP contribution in [0.15, 0.2) is 71.2 Å². The molecule has 2 N–H and O–H groups in total. The first-order valence-electron chi connectivity index (χ1n) is 9.58. The van der Waals surface area contributed by atoms with E-state index in [-0.39, 0.29) is 29.8 Å². The van der Waals surface area contributed by atoms with Gasteiger partial charge in [0.2, 0.25) is 0 Å². The molecule has 2 aromatic heterocycles. The van der Waals surface area contributed by atoms with Gasteiger partial charge in [0, 0.05) is 36.6 Å². The number of guanidine groups is 1. The van der Waals surface area contributed by atoms with Crippen molar-refractivity contribution in [2.75, 3.05) is 18.8 Å². The van der Waals surface area contributed by atoms with Gasteiger partial charge in [0.25, 0.3) is 0 Å². The molecule has 3 aromatic rings. The lowest BCUT2D eigenvalue weighted by molar-refractivity contribution is 0.626. The van der Waals surface area contributed by atoms with Crippen molar-refractivity contribution in [3.63, 3.8) is 0 Å². The van der Waals surface area contributed by atoms with Crippen molar-refractivity contribution in [3.05, 3.63) is 72.7 Å². The number of benzene rings is 1. The summed E-state index contributed by atoms with van der Waals surface area (Å²) >= 11 is 1.72. The Labute approximate surface area is 197 Å². The second-order valence-corrected chi connectivity index (χ2v) is 7.44. The molecule has 6 nitrogen and oxygen atoms in total. The van der Waals surface area contributed by atoms with Gasteiger partial charge in [-0.1, -0.05) is 0 Å². The minimum Gasteiger partial charge on any atom is -0.357 e. The van der Waals surface area contributed by atoms with Gasteiger partial charge >= 0.3 is 0 Å². The van der Waals surface area contributed by atoms with E-state index in [0.717, 1.165) is 47.5 Å². The van der Waals surface area contributed by atoms with Crippen LogP contribution in [0.4, 0.5) is 4.39 Å². The molecule has 0 spiro atoms. The van der Waals surface area contributed by atoms with Crippen molar-refractivity contribution in [2.45, 2.75) is 24.8 Å². The number of hydrogen-bond acceptors (Lipinski definition) is 4. The van der Waals surface area contributed by atoms with Gasteiger partial charge in [-0.15, -0.1) is 35.7 Å². The minimum atomic E-state index is -0.200. The summed E-state index contributed by atoms with van der Waals surface area (Å²) in [5.74, 6) is 2.37. The quantitative estimate of drug-likeness (QED) is 0.140. The number of halogens is 2. The van der Waals surface area contributed by atoms with Gasteiger partial charge in [-0.25, -0.2) is 19.4 Å². The molecule has 9 heteroatoms. The van der Waals surface area contributed by atoms with Crippen molar-refractivity contribution in [3.8, 4) is 5.82 Å². The fraction of sp³-hybridized carbons (Fsp3) is 0.286. The molecule has 0 aliphatic heterocycles. The lowest BCUT2D eigenvalue weighted by Gasteiger charge is -2.11. The van der Waals surface area contributed by atoms with E-state index in [9.17, 15) is 4.39 Å². The van der Waals surface area contributed by atoms with E-state index in [2.05, 4.69) is 25.6 Å². The molecule has 2 heterocycles. The van der Waals surface area contributed by atoms with Gasteiger partial charge in [0.05, 0.1) is 6.54 Å². The van der Waals surface area contributed by atoms with Crippen LogP contribution >= 0.6 is 35.7 Å². The summed E-state index contributed by atoms with van der Waals surface area (Å²) in [5.41, 5.74) is 1.08. The highest BCUT2D eigenvalue weighted by Gasteiger charge is 2.01. The molecule has 0 aliphatic carbocycles. The fourth-order valence-electron chi connectivity index (χ4n) is 2.61. The number of imidazole rings is 1. The zero-order valence-corrected chi connectivity index (χ0v) is 19.9. The number of thioether (sulfide) groups is 1. The van der Waals surface area contributed by atoms with Gasteiger partial charge in [0.15, 0.2) is 5.96 Å². The van der Waals surface area contributed by atoms with Crippen LogP contribution in [0.5, 0.6) is 0 Å². The maximum Gasteiger partial charge on any atom is 0.191 e. The Bertz CT molecular complexity index is 902. The van der Waals surface area contributed by atoms with Crippen molar-refractivity contribution < 1.29 is 4.39 Å². The van der Waals surface area contributed by atoms with Crippen LogP contribution in [0.1, 0.15) is 18.9 Å². The predicted octanol–water partition coefficient (Wildman–Crippen LogP) is 4.26. The highest BCUT2D eigenvalue weighted by molar-refractivity contribution is 14.0. The van der Waals surface area contributed by atoms with Crippen molar-refractivity contribution in [1.29, 1.82) is 0 Å². The number of hydrogen-bond donors (Lipinski definition) is 2. The normalized spacial score (nSPS) is 11.1. The number of nitrogens with one attached hydrogen (secondary N) is 2. The zero-order chi connectivity index (χ0) is 20.3. The summed E-state index contributed by atoms with van der Waals surface area (Å²) in [7, 11) is 0. The molecule has 1 aromatic carbocycles. The van der Waals surface area contributed by atoms with E-state index >= 15 is 0 Å². The first-order valence-corrected chi connectivity index (χ1v) is 10.6. The maximum absolute atomic E-state index is 12.9. The summed E-state index contributed by atoms with van der Waals surface area (Å²) in [6.45, 7) is 4.22. The number of aliphatic imine (C=N–C) groups is 1. The molecule has 30 heavy (non-hydrogen) atoms. The predicted molar refractivity (Wildman–Crippen MR) is 131 cm³/mol. The van der Waals surface area contributed by atoms with Crippen LogP contribution in [0, 0.1) is 5.82 Å². The number of rotatable bonds is 9. The average molecular weight is 540 g/mol. The van der Waals surface area contributed by atoms with Gasteiger partial charge < -0.3 is 10.6 Å². The first-order chi connectivity index (χ1) is 14.2. The number of nitrogens with zero attached hydrogens (tertiary/aromatic N) is 4. The van der Waals surface area contributed by atoms with Gasteiger partial charge in [-0.3, -0.25) is 4.57 Å². The van der Waals surface area contributed by atoms with E-state index in [1.165, 1.54) is 12.1 Å². The largest absolute Gasteiger partial charge is 0.357 e. The number of aromatic nitrogens is 3. The Kier molecular flexibility index (Phi) is 10.6. The second kappa shape index (κ2) is 13.2. The van der Waals surface area contributed by atoms with Gasteiger partial charge in [0.1, 0.15) is 18.0 Å². The molecule has 0 aliphatic rings. The molecule has 0 saturated heterocycles. The molecule has 160 valence electrons. The Hall–Kier alpha value is -2.14. The molecular weight excluding hydrogens is 514 g/mol. The van der Waals surface area contributed by atoms with Crippen LogP contribution in [0.2, 0.25) is 0 Å². The average Bonchev–Trinajstić information content (AvgIpc) is 3.28. The summed E-state index contributed by atoms with van der Waals surface area (Å²) in [4.78, 5) is 14.2. The molecule has 0 saturated carbocycles. The molecule has 0 fully saturated rings. The lowest BCUT2D eigenvalue weighted by atomic mass is 10.2. The van der Waals surface area contributed by atoms with E-state index in [1.807, 2.05) is 42.0 Å². The smallest absolute Gasteiger partial charge is 0.191 e. The summed E-state index contributed by atoms with van der Waals surface area (Å²) in [5, 5.41) is 6.63. The van der Waals surface area contributed by atoms with Gasteiger partial charge in [-0.2, -0.15) is 0 Å². The Morgan fingerprint density at radius 3 is 2.73 bits per heavy atom. The second-order valence-electron chi connectivity index (χ2n) is 6.27. The molecular formula is C21H26FIN6S. The van der Waals surface area contributed by atoms with Gasteiger partial charge in [-0.05, 0) is 61.1 Å². The first kappa shape index (κ1) is 24.1. The Balaban J connectivity index is 0.00000320. The summed E-state index contributed by atoms with van der Waals surface area (Å²) in [6.07, 6.45) is 8.09.